The largest absolute Gasteiger partial charge is 0.464 e. The van der Waals surface area contributed by atoms with Crippen LogP contribution in [0.4, 0.5) is 26.3 Å². The van der Waals surface area contributed by atoms with Gasteiger partial charge in [0.15, 0.2) is 17.3 Å². The number of carbonyl (C=O) groups excluding carboxylic acids is 2. The Bertz CT molecular complexity index is 2720. The second-order valence-corrected chi connectivity index (χ2v) is 12.2. The van der Waals surface area contributed by atoms with Crippen LogP contribution in [0.3, 0.4) is 0 Å². The number of methoxy groups -OCH3 is 1. The van der Waals surface area contributed by atoms with E-state index in [-0.39, 0.29) is 46.0 Å². The highest BCUT2D eigenvalue weighted by Crippen LogP contribution is 2.37. The molecule has 2 N–H and O–H groups in total. The number of carbonyl (C=O) groups is 2. The minimum absolute atomic E-state index is 0.0208. The van der Waals surface area contributed by atoms with Crippen LogP contribution in [0, 0.1) is 22.7 Å². The molecule has 0 saturated heterocycles. The second kappa shape index (κ2) is 18.5. The summed E-state index contributed by atoms with van der Waals surface area (Å²) >= 11 is 0. The highest BCUT2D eigenvalue weighted by atomic mass is 19.4. The number of benzene rings is 4. The lowest BCUT2D eigenvalue weighted by molar-refractivity contribution is -0.138. The van der Waals surface area contributed by atoms with Crippen molar-refractivity contribution in [1.29, 1.82) is 10.5 Å². The molecule has 0 aliphatic rings. The van der Waals surface area contributed by atoms with Gasteiger partial charge in [0.2, 0.25) is 0 Å². The number of primary amides is 1. The molecule has 0 bridgehead atoms. The highest BCUT2D eigenvalue weighted by molar-refractivity contribution is 5.91. The first kappa shape index (κ1) is 43.7. The zero-order valence-corrected chi connectivity index (χ0v) is 31.4. The number of nitrogens with zero attached hydrogens (tertiary/aromatic N) is 6. The van der Waals surface area contributed by atoms with Gasteiger partial charge < -0.3 is 19.9 Å². The van der Waals surface area contributed by atoms with Crippen LogP contribution >= 0.6 is 0 Å². The Kier molecular flexibility index (Phi) is 13.2. The molecule has 6 aromatic rings. The van der Waals surface area contributed by atoms with Gasteiger partial charge in [0, 0.05) is 11.1 Å². The molecule has 0 fully saturated rings. The molecular formula is C43H27F6N7O5. The predicted octanol–water partition coefficient (Wildman–Crippen LogP) is 9.82. The van der Waals surface area contributed by atoms with Gasteiger partial charge in [-0.2, -0.15) is 36.9 Å². The average molecular weight is 836 g/mol. The van der Waals surface area contributed by atoms with Gasteiger partial charge in [0.1, 0.15) is 28.7 Å². The lowest BCUT2D eigenvalue weighted by Gasteiger charge is -2.12. The molecule has 18 heteroatoms. The van der Waals surface area contributed by atoms with E-state index in [1.807, 2.05) is 0 Å². The number of aromatic nitrogens is 4. The molecule has 2 heterocycles. The minimum atomic E-state index is -4.68. The van der Waals surface area contributed by atoms with E-state index in [4.69, 9.17) is 25.7 Å². The van der Waals surface area contributed by atoms with E-state index in [1.54, 1.807) is 24.3 Å². The van der Waals surface area contributed by atoms with Crippen LogP contribution in [0.5, 0.6) is 23.0 Å². The van der Waals surface area contributed by atoms with Gasteiger partial charge in [0.05, 0.1) is 52.9 Å². The maximum Gasteiger partial charge on any atom is 0.417 e. The SMILES string of the molecule is C=Cc1cc(C(=O)OC)nc(-c2ccc(Oc3ccc(C#N)c(C(F)(F)F)c3)cc2)n1.C=Cc1cc(C(N)=O)nc(-c2ccc(Oc3ccc(C#N)c(C(F)(F)F)c3)cc2)n1. The second-order valence-electron chi connectivity index (χ2n) is 12.2. The molecule has 61 heavy (non-hydrogen) atoms. The number of nitrogens with two attached hydrogens (primary N) is 1. The number of halogens is 6. The quantitative estimate of drug-likeness (QED) is 0.102. The van der Waals surface area contributed by atoms with Crippen LogP contribution in [0.1, 0.15) is 54.6 Å². The molecule has 0 saturated carbocycles. The fraction of sp³-hybridized carbons (Fsp3) is 0.0698. The number of ether oxygens (including phenoxy) is 3. The van der Waals surface area contributed by atoms with Crippen LogP contribution in [-0.4, -0.2) is 38.9 Å². The van der Waals surface area contributed by atoms with Gasteiger partial charge in [-0.3, -0.25) is 4.79 Å². The summed E-state index contributed by atoms with van der Waals surface area (Å²) in [5.41, 5.74) is 4.12. The van der Waals surface area contributed by atoms with Crippen molar-refractivity contribution in [1.82, 2.24) is 19.9 Å². The zero-order chi connectivity index (χ0) is 44.5. The van der Waals surface area contributed by atoms with Crippen LogP contribution in [-0.2, 0) is 17.1 Å². The van der Waals surface area contributed by atoms with Gasteiger partial charge in [-0.15, -0.1) is 0 Å². The molecule has 0 aliphatic carbocycles. The predicted molar refractivity (Wildman–Crippen MR) is 207 cm³/mol. The fourth-order valence-electron chi connectivity index (χ4n) is 5.19. The monoisotopic (exact) mass is 835 g/mol. The molecule has 306 valence electrons. The van der Waals surface area contributed by atoms with Crippen LogP contribution in [0.15, 0.2) is 110 Å². The topological polar surface area (TPSA) is 187 Å². The molecule has 0 unspecified atom stereocenters. The van der Waals surface area contributed by atoms with E-state index in [0.717, 1.165) is 24.3 Å². The van der Waals surface area contributed by atoms with Crippen molar-refractivity contribution in [2.24, 2.45) is 5.73 Å². The van der Waals surface area contributed by atoms with Crippen LogP contribution < -0.4 is 15.2 Å². The van der Waals surface area contributed by atoms with Crippen LogP contribution in [0.2, 0.25) is 0 Å². The molecule has 0 spiro atoms. The Morgan fingerprint density at radius 3 is 1.33 bits per heavy atom. The lowest BCUT2D eigenvalue weighted by atomic mass is 10.1. The number of hydrogen-bond acceptors (Lipinski definition) is 11. The summed E-state index contributed by atoms with van der Waals surface area (Å²) in [6.07, 6.45) is -6.46. The number of nitriles is 2. The smallest absolute Gasteiger partial charge is 0.417 e. The molecule has 12 nitrogen and oxygen atoms in total. The first-order valence-corrected chi connectivity index (χ1v) is 17.2. The van der Waals surface area contributed by atoms with Crippen LogP contribution in [0.25, 0.3) is 34.9 Å². The summed E-state index contributed by atoms with van der Waals surface area (Å²) in [4.78, 5) is 40.0. The van der Waals surface area contributed by atoms with Crippen molar-refractivity contribution in [3.05, 3.63) is 155 Å². The summed E-state index contributed by atoms with van der Waals surface area (Å²) in [5, 5.41) is 17.7. The molecule has 0 atom stereocenters. The van der Waals surface area contributed by atoms with Crippen molar-refractivity contribution in [3.63, 3.8) is 0 Å². The number of alkyl halides is 6. The van der Waals surface area contributed by atoms with E-state index in [0.29, 0.717) is 22.5 Å². The van der Waals surface area contributed by atoms with Crippen molar-refractivity contribution < 1.29 is 50.1 Å². The molecular weight excluding hydrogens is 809 g/mol. The van der Waals surface area contributed by atoms with Gasteiger partial charge in [-0.05, 0) is 109 Å². The Morgan fingerprint density at radius 2 is 0.984 bits per heavy atom. The normalized spacial score (nSPS) is 10.8. The van der Waals surface area contributed by atoms with E-state index in [1.165, 1.54) is 79.9 Å². The third-order valence-corrected chi connectivity index (χ3v) is 8.09. The molecule has 1 amide bonds. The number of amides is 1. The first-order valence-electron chi connectivity index (χ1n) is 17.2. The third kappa shape index (κ3) is 11.0. The van der Waals surface area contributed by atoms with E-state index < -0.39 is 46.5 Å². The first-order chi connectivity index (χ1) is 29.0. The molecule has 0 aliphatic heterocycles. The summed E-state index contributed by atoms with van der Waals surface area (Å²) in [5.74, 6) is -0.517. The van der Waals surface area contributed by atoms with Crippen molar-refractivity contribution in [2.75, 3.05) is 7.11 Å². The number of esters is 1. The van der Waals surface area contributed by atoms with Gasteiger partial charge in [-0.1, -0.05) is 13.2 Å². The standard InChI is InChI=1S/C22H14F3N3O3.C21H13F3N4O2/c1-3-15-10-19(21(29)30-2)28-20(27-15)13-4-7-16(8-5-13)31-17-9-6-14(12-26)18(11-17)22(23,24)25;1-2-14-9-18(19(26)29)28-20(27-14)12-3-6-15(7-4-12)30-16-8-5-13(11-25)17(10-16)21(22,23)24/h3-11H,1H2,2H3;2-10H,1H2,(H2,26,29). The summed E-state index contributed by atoms with van der Waals surface area (Å²) in [6.45, 7) is 7.23. The maximum atomic E-state index is 13.1. The third-order valence-electron chi connectivity index (χ3n) is 8.09. The van der Waals surface area contributed by atoms with Crippen molar-refractivity contribution >= 4 is 24.0 Å². The Hall–Kier alpha value is -8.38. The number of hydrogen-bond donors (Lipinski definition) is 1. The summed E-state index contributed by atoms with van der Waals surface area (Å²) in [7, 11) is 1.23. The summed E-state index contributed by atoms with van der Waals surface area (Å²) in [6, 6.07) is 24.4. The lowest BCUT2D eigenvalue weighted by Crippen LogP contribution is -2.14. The van der Waals surface area contributed by atoms with Crippen molar-refractivity contribution in [3.8, 4) is 57.9 Å². The van der Waals surface area contributed by atoms with Gasteiger partial charge in [0.25, 0.3) is 5.91 Å². The Morgan fingerprint density at radius 1 is 0.607 bits per heavy atom. The molecule has 6 rings (SSSR count). The molecule has 2 aromatic heterocycles. The zero-order valence-electron chi connectivity index (χ0n) is 31.4. The Balaban J connectivity index is 0.000000231. The molecule has 4 aromatic carbocycles. The van der Waals surface area contributed by atoms with E-state index >= 15 is 0 Å². The summed E-state index contributed by atoms with van der Waals surface area (Å²) < 4.78 is 94.2. The maximum absolute atomic E-state index is 13.1. The fourth-order valence-corrected chi connectivity index (χ4v) is 5.19. The van der Waals surface area contributed by atoms with Crippen molar-refractivity contribution in [2.45, 2.75) is 12.4 Å². The highest BCUT2D eigenvalue weighted by Gasteiger charge is 2.35. The number of rotatable bonds is 10. The average Bonchev–Trinajstić information content (AvgIpc) is 3.25. The minimum Gasteiger partial charge on any atom is -0.464 e. The van der Waals surface area contributed by atoms with E-state index in [2.05, 4.69) is 37.8 Å². The van der Waals surface area contributed by atoms with Gasteiger partial charge in [-0.25, -0.2) is 24.7 Å². The van der Waals surface area contributed by atoms with E-state index in [9.17, 15) is 35.9 Å². The molecule has 0 radical (unpaired) electrons. The Labute approximate surface area is 342 Å². The van der Waals surface area contributed by atoms with Gasteiger partial charge >= 0.3 is 18.3 Å².